The Bertz CT molecular complexity index is 777. The summed E-state index contributed by atoms with van der Waals surface area (Å²) in [6.45, 7) is 1.77. The van der Waals surface area contributed by atoms with Crippen LogP contribution in [0.2, 0.25) is 0 Å². The number of halogens is 1. The molecule has 4 nitrogen and oxygen atoms in total. The summed E-state index contributed by atoms with van der Waals surface area (Å²) in [6.07, 6.45) is 5.42. The third kappa shape index (κ3) is 2.16. The lowest BCUT2D eigenvalue weighted by Gasteiger charge is -2.09. The molecule has 102 valence electrons. The van der Waals surface area contributed by atoms with Crippen LogP contribution < -0.4 is 5.73 Å². The highest BCUT2D eigenvalue weighted by Gasteiger charge is 2.10. The summed E-state index contributed by atoms with van der Waals surface area (Å²) in [4.78, 5) is 4.31. The smallest absolute Gasteiger partial charge is 0.130 e. The number of pyridine rings is 1. The summed E-state index contributed by atoms with van der Waals surface area (Å²) in [5, 5.41) is 5.02. The van der Waals surface area contributed by atoms with Gasteiger partial charge < -0.3 is 5.73 Å². The zero-order valence-corrected chi connectivity index (χ0v) is 11.3. The van der Waals surface area contributed by atoms with Crippen LogP contribution in [0.15, 0.2) is 36.8 Å². The molecular formula is C15H15FN4. The summed E-state index contributed by atoms with van der Waals surface area (Å²) in [7, 11) is 1.86. The van der Waals surface area contributed by atoms with Gasteiger partial charge in [-0.25, -0.2) is 4.39 Å². The van der Waals surface area contributed by atoms with Crippen molar-refractivity contribution in [2.45, 2.75) is 13.0 Å². The molecule has 2 heterocycles. The molecule has 0 saturated heterocycles. The average Bonchev–Trinajstić information content (AvgIpc) is 2.84. The van der Waals surface area contributed by atoms with Gasteiger partial charge in [-0.2, -0.15) is 5.10 Å². The first-order valence-electron chi connectivity index (χ1n) is 6.38. The fourth-order valence-corrected chi connectivity index (χ4v) is 2.25. The van der Waals surface area contributed by atoms with E-state index in [1.54, 1.807) is 30.1 Å². The van der Waals surface area contributed by atoms with E-state index in [0.29, 0.717) is 11.1 Å². The van der Waals surface area contributed by atoms with Crippen molar-refractivity contribution >= 4 is 10.9 Å². The maximum atomic E-state index is 13.9. The molecule has 0 bridgehead atoms. The monoisotopic (exact) mass is 270 g/mol. The van der Waals surface area contributed by atoms with E-state index in [9.17, 15) is 4.39 Å². The predicted octanol–water partition coefficient (Wildman–Crippen LogP) is 2.79. The average molecular weight is 270 g/mol. The highest BCUT2D eigenvalue weighted by Crippen LogP contribution is 2.26. The number of aryl methyl sites for hydroxylation is 1. The molecule has 0 spiro atoms. The highest BCUT2D eigenvalue weighted by molar-refractivity contribution is 5.84. The van der Waals surface area contributed by atoms with Gasteiger partial charge in [-0.05, 0) is 19.1 Å². The van der Waals surface area contributed by atoms with Crippen molar-refractivity contribution in [3.63, 3.8) is 0 Å². The fourth-order valence-electron chi connectivity index (χ4n) is 2.25. The van der Waals surface area contributed by atoms with Gasteiger partial charge in [0.25, 0.3) is 0 Å². The normalized spacial score (nSPS) is 12.8. The number of nitrogens with zero attached hydrogens (tertiary/aromatic N) is 3. The molecule has 2 N–H and O–H groups in total. The Morgan fingerprint density at radius 1 is 1.20 bits per heavy atom. The van der Waals surface area contributed by atoms with Gasteiger partial charge in [-0.1, -0.05) is 0 Å². The van der Waals surface area contributed by atoms with Gasteiger partial charge >= 0.3 is 0 Å². The molecule has 0 amide bonds. The minimum atomic E-state index is -0.346. The second-order valence-corrected chi connectivity index (χ2v) is 4.98. The van der Waals surface area contributed by atoms with Gasteiger partial charge in [0.05, 0.1) is 11.7 Å². The van der Waals surface area contributed by atoms with E-state index in [0.717, 1.165) is 16.5 Å². The van der Waals surface area contributed by atoms with Gasteiger partial charge in [0.15, 0.2) is 0 Å². The second kappa shape index (κ2) is 4.68. The molecule has 0 radical (unpaired) electrons. The summed E-state index contributed by atoms with van der Waals surface area (Å²) < 4.78 is 15.6. The summed E-state index contributed by atoms with van der Waals surface area (Å²) in [5.41, 5.74) is 8.84. The second-order valence-electron chi connectivity index (χ2n) is 4.98. The number of hydrogen-bond acceptors (Lipinski definition) is 3. The van der Waals surface area contributed by atoms with Crippen molar-refractivity contribution < 1.29 is 4.39 Å². The Labute approximate surface area is 116 Å². The number of hydrogen-bond donors (Lipinski definition) is 1. The first-order valence-corrected chi connectivity index (χ1v) is 6.38. The van der Waals surface area contributed by atoms with Crippen molar-refractivity contribution in [2.24, 2.45) is 12.8 Å². The lowest BCUT2D eigenvalue weighted by atomic mass is 10.0. The Kier molecular flexibility index (Phi) is 2.99. The number of aromatic nitrogens is 3. The largest absolute Gasteiger partial charge is 0.324 e. The molecular weight excluding hydrogens is 255 g/mol. The van der Waals surface area contributed by atoms with E-state index in [-0.39, 0.29) is 11.9 Å². The molecule has 3 rings (SSSR count). The molecule has 0 fully saturated rings. The Morgan fingerprint density at radius 2 is 2.00 bits per heavy atom. The van der Waals surface area contributed by atoms with Crippen molar-refractivity contribution in [2.75, 3.05) is 0 Å². The molecule has 3 aromatic rings. The minimum Gasteiger partial charge on any atom is -0.324 e. The van der Waals surface area contributed by atoms with Crippen LogP contribution in [0.1, 0.15) is 18.5 Å². The van der Waals surface area contributed by atoms with E-state index in [2.05, 4.69) is 10.1 Å². The fraction of sp³-hybridized carbons (Fsp3) is 0.200. The molecule has 2 aromatic heterocycles. The van der Waals surface area contributed by atoms with Crippen molar-refractivity contribution in [3.05, 3.63) is 48.2 Å². The maximum absolute atomic E-state index is 13.9. The Balaban J connectivity index is 2.17. The van der Waals surface area contributed by atoms with Crippen LogP contribution in [0, 0.1) is 5.82 Å². The number of rotatable bonds is 2. The molecule has 0 aliphatic carbocycles. The number of benzene rings is 1. The molecule has 0 saturated carbocycles. The van der Waals surface area contributed by atoms with Crippen LogP contribution in [0.4, 0.5) is 4.39 Å². The van der Waals surface area contributed by atoms with E-state index >= 15 is 0 Å². The topological polar surface area (TPSA) is 56.7 Å². The SMILES string of the molecule is CC(N)c1cc2cc(-c3cnn(C)c3)cnc2cc1F. The van der Waals surface area contributed by atoms with E-state index < -0.39 is 0 Å². The molecule has 1 aromatic carbocycles. The van der Waals surface area contributed by atoms with E-state index in [1.165, 1.54) is 6.07 Å². The van der Waals surface area contributed by atoms with Crippen molar-refractivity contribution in [1.82, 2.24) is 14.8 Å². The van der Waals surface area contributed by atoms with Gasteiger partial charge in [-0.15, -0.1) is 0 Å². The zero-order chi connectivity index (χ0) is 14.3. The summed E-state index contributed by atoms with van der Waals surface area (Å²) in [6, 6.07) is 4.83. The first-order chi connectivity index (χ1) is 9.54. The van der Waals surface area contributed by atoms with E-state index in [4.69, 9.17) is 5.73 Å². The lowest BCUT2D eigenvalue weighted by molar-refractivity contribution is 0.595. The van der Waals surface area contributed by atoms with Crippen LogP contribution in [0.25, 0.3) is 22.0 Å². The van der Waals surface area contributed by atoms with Gasteiger partial charge in [0.2, 0.25) is 0 Å². The molecule has 5 heteroatoms. The van der Waals surface area contributed by atoms with Crippen LogP contribution in [0.5, 0.6) is 0 Å². The molecule has 1 atom stereocenters. The summed E-state index contributed by atoms with van der Waals surface area (Å²) >= 11 is 0. The first kappa shape index (κ1) is 12.7. The van der Waals surface area contributed by atoms with Crippen molar-refractivity contribution in [3.8, 4) is 11.1 Å². The van der Waals surface area contributed by atoms with E-state index in [1.807, 2.05) is 19.3 Å². The molecule has 1 unspecified atom stereocenters. The van der Waals surface area contributed by atoms with Gasteiger partial charge in [0, 0.05) is 53.6 Å². The quantitative estimate of drug-likeness (QED) is 0.779. The third-order valence-electron chi connectivity index (χ3n) is 3.33. The minimum absolute atomic E-state index is 0.311. The molecule has 0 aliphatic rings. The van der Waals surface area contributed by atoms with Gasteiger partial charge in [-0.3, -0.25) is 9.67 Å². The van der Waals surface area contributed by atoms with Crippen molar-refractivity contribution in [1.29, 1.82) is 0 Å². The van der Waals surface area contributed by atoms with Crippen LogP contribution in [-0.2, 0) is 7.05 Å². The molecule has 20 heavy (non-hydrogen) atoms. The van der Waals surface area contributed by atoms with Crippen LogP contribution >= 0.6 is 0 Å². The third-order valence-corrected chi connectivity index (χ3v) is 3.33. The van der Waals surface area contributed by atoms with Gasteiger partial charge in [0.1, 0.15) is 5.82 Å². The number of fused-ring (bicyclic) bond motifs is 1. The molecule has 0 aliphatic heterocycles. The zero-order valence-electron chi connectivity index (χ0n) is 11.3. The Morgan fingerprint density at radius 3 is 2.65 bits per heavy atom. The summed E-state index contributed by atoms with van der Waals surface area (Å²) in [5.74, 6) is -0.311. The maximum Gasteiger partial charge on any atom is 0.130 e. The number of nitrogens with two attached hydrogens (primary N) is 1. The Hall–Kier alpha value is -2.27. The highest BCUT2D eigenvalue weighted by atomic mass is 19.1. The standard InChI is InChI=1S/C15H15FN4/c1-9(17)13-4-10-3-11(12-7-19-20(2)8-12)6-18-15(10)5-14(13)16/h3-9H,17H2,1-2H3. The predicted molar refractivity (Wildman–Crippen MR) is 76.5 cm³/mol. The van der Waals surface area contributed by atoms with Crippen LogP contribution in [0.3, 0.4) is 0 Å². The van der Waals surface area contributed by atoms with Crippen LogP contribution in [-0.4, -0.2) is 14.8 Å². The lowest BCUT2D eigenvalue weighted by Crippen LogP contribution is -2.07.